The third-order valence-corrected chi connectivity index (χ3v) is 3.40. The molecular weight excluding hydrogens is 244 g/mol. The van der Waals surface area contributed by atoms with Gasteiger partial charge in [-0.2, -0.15) is 0 Å². The van der Waals surface area contributed by atoms with Crippen molar-refractivity contribution in [3.8, 4) is 0 Å². The summed E-state index contributed by atoms with van der Waals surface area (Å²) in [5.41, 5.74) is -2.35. The molecule has 8 nitrogen and oxygen atoms in total. The van der Waals surface area contributed by atoms with Crippen LogP contribution in [0.1, 0.15) is 6.23 Å². The van der Waals surface area contributed by atoms with Crippen LogP contribution in [0, 0.1) is 0 Å². The molecule has 0 saturated carbocycles. The van der Waals surface area contributed by atoms with E-state index < -0.39 is 41.9 Å². The number of nitrogens with one attached hydrogen (secondary N) is 1. The summed E-state index contributed by atoms with van der Waals surface area (Å²) in [5, 5.41) is 19.2. The number of aromatic nitrogens is 2. The van der Waals surface area contributed by atoms with Crippen molar-refractivity contribution in [2.75, 3.05) is 13.2 Å². The lowest BCUT2D eigenvalue weighted by atomic mass is 10.0. The Labute approximate surface area is 100 Å². The maximum Gasteiger partial charge on any atom is 0.330 e. The van der Waals surface area contributed by atoms with Crippen molar-refractivity contribution >= 4 is 0 Å². The average Bonchev–Trinajstić information content (AvgIpc) is 2.81. The molecule has 2 fully saturated rings. The van der Waals surface area contributed by atoms with Crippen LogP contribution in [0.15, 0.2) is 21.9 Å². The average molecular weight is 256 g/mol. The quantitative estimate of drug-likeness (QED) is 0.541. The van der Waals surface area contributed by atoms with Crippen LogP contribution in [0.2, 0.25) is 0 Å². The number of aliphatic hydroxyl groups is 2. The molecule has 0 radical (unpaired) electrons. The van der Waals surface area contributed by atoms with Crippen LogP contribution in [0.3, 0.4) is 0 Å². The molecule has 98 valence electrons. The highest BCUT2D eigenvalue weighted by Crippen LogP contribution is 2.43. The monoisotopic (exact) mass is 256 g/mol. The summed E-state index contributed by atoms with van der Waals surface area (Å²) in [7, 11) is 0. The number of fused-ring (bicyclic) bond motifs is 2. The fourth-order valence-corrected chi connectivity index (χ4v) is 2.38. The molecular formula is C10H12N2O6. The van der Waals surface area contributed by atoms with E-state index in [0.29, 0.717) is 0 Å². The molecule has 3 N–H and O–H groups in total. The van der Waals surface area contributed by atoms with Gasteiger partial charge in [-0.3, -0.25) is 14.3 Å². The number of hydrogen-bond donors (Lipinski definition) is 3. The highest BCUT2D eigenvalue weighted by Gasteiger charge is 2.61. The summed E-state index contributed by atoms with van der Waals surface area (Å²) in [6.45, 7) is -0.330. The molecule has 2 bridgehead atoms. The predicted octanol–water partition coefficient (Wildman–Crippen LogP) is -2.44. The lowest BCUT2D eigenvalue weighted by Gasteiger charge is -2.29. The maximum absolute atomic E-state index is 11.6. The van der Waals surface area contributed by atoms with E-state index in [0.717, 1.165) is 4.57 Å². The summed E-state index contributed by atoms with van der Waals surface area (Å²) in [5.74, 6) is 0. The summed E-state index contributed by atoms with van der Waals surface area (Å²) >= 11 is 0. The Kier molecular flexibility index (Phi) is 2.42. The largest absolute Gasteiger partial charge is 0.393 e. The second kappa shape index (κ2) is 3.75. The van der Waals surface area contributed by atoms with Crippen LogP contribution in [-0.2, 0) is 9.47 Å². The Hall–Kier alpha value is -1.48. The first-order valence-corrected chi connectivity index (χ1v) is 5.47. The summed E-state index contributed by atoms with van der Waals surface area (Å²) in [6.07, 6.45) is -1.33. The minimum Gasteiger partial charge on any atom is -0.393 e. The highest BCUT2D eigenvalue weighted by atomic mass is 16.7. The molecule has 18 heavy (non-hydrogen) atoms. The first kappa shape index (κ1) is 11.6. The minimum absolute atomic E-state index is 0.0734. The summed E-state index contributed by atoms with van der Waals surface area (Å²) < 4.78 is 12.0. The molecule has 0 amide bonds. The number of rotatable bonds is 2. The van der Waals surface area contributed by atoms with E-state index in [-0.39, 0.29) is 6.61 Å². The van der Waals surface area contributed by atoms with E-state index in [4.69, 9.17) is 9.47 Å². The maximum atomic E-state index is 11.6. The molecule has 3 rings (SSSR count). The van der Waals surface area contributed by atoms with E-state index in [1.54, 1.807) is 0 Å². The topological polar surface area (TPSA) is 114 Å². The van der Waals surface area contributed by atoms with E-state index in [1.165, 1.54) is 12.3 Å². The van der Waals surface area contributed by atoms with Gasteiger partial charge in [0.15, 0.2) is 6.23 Å². The highest BCUT2D eigenvalue weighted by molar-refractivity contribution is 5.07. The molecule has 1 aromatic heterocycles. The SMILES string of the molecule is O=c1ccn([C@@H]2O[C@@]3(CO)CO[C@H]2[C@H]3O)c(=O)[nH]1. The molecule has 0 aliphatic carbocycles. The molecule has 2 saturated heterocycles. The van der Waals surface area contributed by atoms with Crippen molar-refractivity contribution in [3.63, 3.8) is 0 Å². The zero-order chi connectivity index (χ0) is 12.9. The summed E-state index contributed by atoms with van der Waals surface area (Å²) in [4.78, 5) is 24.7. The third-order valence-electron chi connectivity index (χ3n) is 3.40. The first-order valence-electron chi connectivity index (χ1n) is 5.47. The third kappa shape index (κ3) is 1.40. The number of ether oxygens (including phenoxy) is 2. The van der Waals surface area contributed by atoms with E-state index in [2.05, 4.69) is 4.98 Å². The van der Waals surface area contributed by atoms with Crippen molar-refractivity contribution < 1.29 is 19.7 Å². The Morgan fingerprint density at radius 1 is 1.56 bits per heavy atom. The lowest BCUT2D eigenvalue weighted by molar-refractivity contribution is -0.187. The zero-order valence-electron chi connectivity index (χ0n) is 9.28. The van der Waals surface area contributed by atoms with Gasteiger partial charge in [-0.05, 0) is 0 Å². The van der Waals surface area contributed by atoms with Gasteiger partial charge in [0.2, 0.25) is 0 Å². The van der Waals surface area contributed by atoms with Gasteiger partial charge in [-0.25, -0.2) is 4.79 Å². The van der Waals surface area contributed by atoms with E-state index in [9.17, 15) is 19.8 Å². The molecule has 0 spiro atoms. The van der Waals surface area contributed by atoms with Crippen LogP contribution >= 0.6 is 0 Å². The van der Waals surface area contributed by atoms with Gasteiger partial charge in [0.25, 0.3) is 5.56 Å². The molecule has 2 aliphatic rings. The van der Waals surface area contributed by atoms with Crippen molar-refractivity contribution in [2.24, 2.45) is 0 Å². The van der Waals surface area contributed by atoms with Crippen molar-refractivity contribution in [3.05, 3.63) is 33.1 Å². The first-order chi connectivity index (χ1) is 8.57. The Morgan fingerprint density at radius 3 is 2.94 bits per heavy atom. The predicted molar refractivity (Wildman–Crippen MR) is 57.0 cm³/mol. The molecule has 3 heterocycles. The molecule has 0 unspecified atom stereocenters. The molecule has 2 aliphatic heterocycles. The zero-order valence-corrected chi connectivity index (χ0v) is 9.28. The van der Waals surface area contributed by atoms with Crippen LogP contribution in [0.4, 0.5) is 0 Å². The second-order valence-corrected chi connectivity index (χ2v) is 4.47. The van der Waals surface area contributed by atoms with Gasteiger partial charge < -0.3 is 19.7 Å². The molecule has 8 heteroatoms. The lowest BCUT2D eigenvalue weighted by Crippen LogP contribution is -2.44. The smallest absolute Gasteiger partial charge is 0.330 e. The van der Waals surface area contributed by atoms with Crippen LogP contribution in [0.25, 0.3) is 0 Å². The number of nitrogens with zero attached hydrogens (tertiary/aromatic N) is 1. The van der Waals surface area contributed by atoms with Gasteiger partial charge in [0.1, 0.15) is 17.8 Å². The molecule has 1 aromatic rings. The van der Waals surface area contributed by atoms with E-state index >= 15 is 0 Å². The number of aromatic amines is 1. The number of H-pyrrole nitrogens is 1. The van der Waals surface area contributed by atoms with Gasteiger partial charge >= 0.3 is 5.69 Å². The van der Waals surface area contributed by atoms with Crippen LogP contribution in [0.5, 0.6) is 0 Å². The second-order valence-electron chi connectivity index (χ2n) is 4.47. The standard InChI is InChI=1S/C10H12N2O6/c13-3-10-4-17-6(7(10)15)8(18-10)12-2-1-5(14)11-9(12)16/h1-2,6-8,13,15H,3-4H2,(H,11,14,16)/t6-,7+,8+,10-/m0/s1. The molecule has 0 aromatic carbocycles. The fraction of sp³-hybridized carbons (Fsp3) is 0.600. The Bertz CT molecular complexity index is 580. The summed E-state index contributed by atoms with van der Waals surface area (Å²) in [6, 6.07) is 1.18. The van der Waals surface area contributed by atoms with Crippen molar-refractivity contribution in [1.82, 2.24) is 9.55 Å². The van der Waals surface area contributed by atoms with Crippen molar-refractivity contribution in [1.29, 1.82) is 0 Å². The fourth-order valence-electron chi connectivity index (χ4n) is 2.38. The van der Waals surface area contributed by atoms with Crippen LogP contribution < -0.4 is 11.2 Å². The van der Waals surface area contributed by atoms with Crippen molar-refractivity contribution in [2.45, 2.75) is 24.0 Å². The van der Waals surface area contributed by atoms with Crippen LogP contribution in [-0.4, -0.2) is 50.8 Å². The van der Waals surface area contributed by atoms with Gasteiger partial charge in [-0.15, -0.1) is 0 Å². The Morgan fingerprint density at radius 2 is 2.33 bits per heavy atom. The van der Waals surface area contributed by atoms with Gasteiger partial charge in [0.05, 0.1) is 13.2 Å². The normalized spacial score (nSPS) is 38.2. The van der Waals surface area contributed by atoms with E-state index in [1.807, 2.05) is 0 Å². The minimum atomic E-state index is -1.19. The molecule has 4 atom stereocenters. The number of hydrogen-bond acceptors (Lipinski definition) is 6. The number of aliphatic hydroxyl groups excluding tert-OH is 2. The van der Waals surface area contributed by atoms with Gasteiger partial charge in [0, 0.05) is 12.3 Å². The van der Waals surface area contributed by atoms with Gasteiger partial charge in [-0.1, -0.05) is 0 Å². The Balaban J connectivity index is 2.01.